The van der Waals surface area contributed by atoms with Crippen LogP contribution in [0.5, 0.6) is 5.75 Å². The zero-order chi connectivity index (χ0) is 11.4. The lowest BCUT2D eigenvalue weighted by Gasteiger charge is -2.17. The summed E-state index contributed by atoms with van der Waals surface area (Å²) in [5.74, 6) is 0.856. The highest BCUT2D eigenvalue weighted by Gasteiger charge is 2.14. The van der Waals surface area contributed by atoms with Crippen LogP contribution in [-0.2, 0) is 0 Å². The number of anilines is 1. The van der Waals surface area contributed by atoms with E-state index >= 15 is 0 Å². The molecule has 0 aromatic heterocycles. The molecule has 0 N–H and O–H groups in total. The third kappa shape index (κ3) is 2.19. The Bertz CT molecular complexity index is 383. The van der Waals surface area contributed by atoms with Crippen molar-refractivity contribution in [2.45, 2.75) is 0 Å². The van der Waals surface area contributed by atoms with Crippen LogP contribution in [0.3, 0.4) is 0 Å². The van der Waals surface area contributed by atoms with Gasteiger partial charge in [0.05, 0.1) is 7.11 Å². The summed E-state index contributed by atoms with van der Waals surface area (Å²) in [5, 5.41) is 0. The quantitative estimate of drug-likeness (QED) is 0.716. The maximum atomic E-state index is 5.11. The molecule has 1 aromatic carbocycles. The highest BCUT2D eigenvalue weighted by molar-refractivity contribution is 5.54. The average molecular weight is 214 g/mol. The highest BCUT2D eigenvalue weighted by Crippen LogP contribution is 2.24. The Kier molecular flexibility index (Phi) is 3.15. The molecule has 0 saturated carbocycles. The normalized spacial score (nSPS) is 14.3. The van der Waals surface area contributed by atoms with Crippen LogP contribution in [0.2, 0.25) is 0 Å². The molecule has 2 rings (SSSR count). The van der Waals surface area contributed by atoms with Crippen molar-refractivity contribution in [1.29, 1.82) is 0 Å². The Hall–Kier alpha value is -1.90. The number of hydrogen-bond acceptors (Lipinski definition) is 3. The lowest BCUT2D eigenvalue weighted by molar-refractivity contribution is 0.415. The van der Waals surface area contributed by atoms with Gasteiger partial charge in [-0.25, -0.2) is 0 Å². The maximum absolute atomic E-state index is 5.11. The molecule has 1 heterocycles. The van der Waals surface area contributed by atoms with Crippen molar-refractivity contribution in [2.75, 3.05) is 18.6 Å². The van der Waals surface area contributed by atoms with E-state index in [1.807, 2.05) is 52.5 Å². The van der Waals surface area contributed by atoms with Gasteiger partial charge in [0, 0.05) is 24.6 Å². The predicted octanol–water partition coefficient (Wildman–Crippen LogP) is 2.47. The molecule has 1 aliphatic rings. The van der Waals surface area contributed by atoms with Gasteiger partial charge in [-0.15, -0.1) is 6.58 Å². The molecule has 0 amide bonds. The van der Waals surface area contributed by atoms with Gasteiger partial charge in [-0.1, -0.05) is 6.08 Å². The maximum Gasteiger partial charge on any atom is 0.213 e. The fraction of sp³-hybridized carbons (Fsp3) is 0.154. The van der Waals surface area contributed by atoms with Gasteiger partial charge < -0.3 is 14.5 Å². The molecule has 0 aliphatic carbocycles. The van der Waals surface area contributed by atoms with Crippen LogP contribution in [0.25, 0.3) is 0 Å². The van der Waals surface area contributed by atoms with E-state index in [9.17, 15) is 0 Å². The van der Waals surface area contributed by atoms with Crippen molar-refractivity contribution >= 4 is 5.69 Å². The number of methoxy groups -OCH3 is 1. The van der Waals surface area contributed by atoms with E-state index in [1.54, 1.807) is 7.11 Å². The summed E-state index contributed by atoms with van der Waals surface area (Å²) in [6.45, 7) is 7.65. The van der Waals surface area contributed by atoms with Crippen molar-refractivity contribution < 1.29 is 4.74 Å². The second-order valence-corrected chi connectivity index (χ2v) is 3.41. The number of hydrogen-bond donors (Lipinski definition) is 0. The third-order valence-corrected chi connectivity index (χ3v) is 2.31. The molecular weight excluding hydrogens is 200 g/mol. The van der Waals surface area contributed by atoms with Gasteiger partial charge >= 0.3 is 0 Å². The summed E-state index contributed by atoms with van der Waals surface area (Å²) >= 11 is 0. The number of benzene rings is 1. The van der Waals surface area contributed by atoms with E-state index in [4.69, 9.17) is 4.74 Å². The molecule has 1 aromatic rings. The highest BCUT2D eigenvalue weighted by atomic mass is 16.5. The van der Waals surface area contributed by atoms with Gasteiger partial charge in [0.15, 0.2) is 0 Å². The Balaban J connectivity index is 2.03. The summed E-state index contributed by atoms with van der Waals surface area (Å²) in [7, 11) is 1.66. The largest absolute Gasteiger partial charge is 0.497 e. The van der Waals surface area contributed by atoms with Gasteiger partial charge in [-0.05, 0) is 24.3 Å². The van der Waals surface area contributed by atoms with Gasteiger partial charge in [-0.2, -0.15) is 0 Å². The van der Waals surface area contributed by atoms with E-state index in [2.05, 4.69) is 13.2 Å². The Labute approximate surface area is 96.2 Å². The van der Waals surface area contributed by atoms with E-state index in [-0.39, 0.29) is 0 Å². The van der Waals surface area contributed by atoms with Crippen LogP contribution >= 0.6 is 0 Å². The van der Waals surface area contributed by atoms with Gasteiger partial charge in [0.2, 0.25) is 6.67 Å². The van der Waals surface area contributed by atoms with Gasteiger partial charge in [0.25, 0.3) is 0 Å². The summed E-state index contributed by atoms with van der Waals surface area (Å²) in [6.07, 6.45) is 5.77. The zero-order valence-corrected chi connectivity index (χ0v) is 9.26. The minimum Gasteiger partial charge on any atom is -0.497 e. The lowest BCUT2D eigenvalue weighted by atomic mass is 10.3. The number of ether oxygens (including phenoxy) is 1. The first-order chi connectivity index (χ1) is 7.83. The molecule has 82 valence electrons. The first-order valence-electron chi connectivity index (χ1n) is 5.09. The van der Waals surface area contributed by atoms with Crippen molar-refractivity contribution in [3.05, 3.63) is 56.0 Å². The molecule has 0 atom stereocenters. The first kappa shape index (κ1) is 10.6. The van der Waals surface area contributed by atoms with Crippen LogP contribution in [0.1, 0.15) is 0 Å². The predicted molar refractivity (Wildman–Crippen MR) is 64.8 cm³/mol. The monoisotopic (exact) mass is 214 g/mol. The second kappa shape index (κ2) is 4.75. The number of nitrogens with zero attached hydrogens (tertiary/aromatic N) is 2. The smallest absolute Gasteiger partial charge is 0.213 e. The Morgan fingerprint density at radius 3 is 2.69 bits per heavy atom. The standard InChI is InChI=1S/C13H14N2O/c1-3-8-14-9-10-15(11-14)12-4-6-13(16-2)7-5-12/h3-7,9-10H,1,8H2,2H3. The summed E-state index contributed by atoms with van der Waals surface area (Å²) in [4.78, 5) is 3.88. The molecule has 0 spiro atoms. The van der Waals surface area contributed by atoms with Crippen molar-refractivity contribution in [2.24, 2.45) is 0 Å². The van der Waals surface area contributed by atoms with E-state index in [0.29, 0.717) is 0 Å². The lowest BCUT2D eigenvalue weighted by Crippen LogP contribution is -2.18. The molecule has 3 heteroatoms. The van der Waals surface area contributed by atoms with Crippen LogP contribution in [0, 0.1) is 6.67 Å². The molecule has 0 unspecified atom stereocenters. The van der Waals surface area contributed by atoms with Crippen molar-refractivity contribution in [3.63, 3.8) is 0 Å². The topological polar surface area (TPSA) is 15.7 Å². The summed E-state index contributed by atoms with van der Waals surface area (Å²) in [5.41, 5.74) is 1.06. The van der Waals surface area contributed by atoms with E-state index in [1.165, 1.54) is 0 Å². The Morgan fingerprint density at radius 2 is 2.06 bits per heavy atom. The fourth-order valence-corrected chi connectivity index (χ4v) is 1.48. The second-order valence-electron chi connectivity index (χ2n) is 3.41. The summed E-state index contributed by atoms with van der Waals surface area (Å²) in [6, 6.07) is 7.85. The molecule has 0 saturated heterocycles. The van der Waals surface area contributed by atoms with E-state index in [0.717, 1.165) is 18.0 Å². The third-order valence-electron chi connectivity index (χ3n) is 2.31. The van der Waals surface area contributed by atoms with Crippen LogP contribution in [-0.4, -0.2) is 18.6 Å². The van der Waals surface area contributed by atoms with E-state index < -0.39 is 0 Å². The van der Waals surface area contributed by atoms with Crippen LogP contribution in [0.4, 0.5) is 5.69 Å². The van der Waals surface area contributed by atoms with Crippen molar-refractivity contribution in [3.8, 4) is 5.75 Å². The van der Waals surface area contributed by atoms with Gasteiger partial charge in [-0.3, -0.25) is 0 Å². The SMILES string of the molecule is C=CCN1[C]N(c2ccc(OC)cc2)C=C1. The van der Waals surface area contributed by atoms with Crippen LogP contribution < -0.4 is 9.64 Å². The fourth-order valence-electron chi connectivity index (χ4n) is 1.48. The zero-order valence-electron chi connectivity index (χ0n) is 9.26. The van der Waals surface area contributed by atoms with Crippen LogP contribution in [0.15, 0.2) is 49.3 Å². The molecule has 0 fully saturated rings. The molecule has 16 heavy (non-hydrogen) atoms. The van der Waals surface area contributed by atoms with Gasteiger partial charge in [0.1, 0.15) is 5.75 Å². The first-order valence-corrected chi connectivity index (χ1v) is 5.09. The van der Waals surface area contributed by atoms with Crippen molar-refractivity contribution in [1.82, 2.24) is 4.90 Å². The molecule has 1 aliphatic heterocycles. The molecule has 2 radical (unpaired) electrons. The minimum absolute atomic E-state index is 0.767. The number of rotatable bonds is 4. The average Bonchev–Trinajstić information content (AvgIpc) is 2.78. The molecule has 3 nitrogen and oxygen atoms in total. The molecule has 0 bridgehead atoms. The minimum atomic E-state index is 0.767. The Morgan fingerprint density at radius 1 is 1.31 bits per heavy atom. The molecular formula is C13H14N2O. The summed E-state index contributed by atoms with van der Waals surface area (Å²) < 4.78 is 5.11.